The van der Waals surface area contributed by atoms with Crippen molar-refractivity contribution < 1.29 is 36.8 Å². The number of benzene rings is 2. The van der Waals surface area contributed by atoms with Gasteiger partial charge in [0.05, 0.1) is 4.92 Å². The molecule has 0 fully saturated rings. The van der Waals surface area contributed by atoms with Gasteiger partial charge in [0.15, 0.2) is 11.5 Å². The lowest BCUT2D eigenvalue weighted by Crippen LogP contribution is -2.02. The molecule has 0 aliphatic carbocycles. The van der Waals surface area contributed by atoms with Gasteiger partial charge in [-0.25, -0.2) is 4.39 Å². The smallest absolute Gasteiger partial charge is 0.387 e. The molecule has 0 spiro atoms. The number of allylic oxidation sites excluding steroid dienone is 1. The summed E-state index contributed by atoms with van der Waals surface area (Å²) in [4.78, 5) is 22.4. The Morgan fingerprint density at radius 3 is 2.55 bits per heavy atom. The summed E-state index contributed by atoms with van der Waals surface area (Å²) < 4.78 is 52.6. The largest absolute Gasteiger partial charge is 0.479 e. The zero-order chi connectivity index (χ0) is 22.4. The highest BCUT2D eigenvalue weighted by atomic mass is 19.3. The van der Waals surface area contributed by atoms with Crippen molar-refractivity contribution in [3.63, 3.8) is 0 Å². The minimum absolute atomic E-state index is 0.0651. The van der Waals surface area contributed by atoms with Crippen LogP contribution < -0.4 is 9.47 Å². The van der Waals surface area contributed by atoms with Gasteiger partial charge in [-0.3, -0.25) is 14.9 Å². The van der Waals surface area contributed by atoms with Crippen molar-refractivity contribution in [3.8, 4) is 11.5 Å². The first-order chi connectivity index (χ1) is 14.8. The number of alkyl halides is 2. The summed E-state index contributed by atoms with van der Waals surface area (Å²) in [5, 5.41) is 11.0. The summed E-state index contributed by atoms with van der Waals surface area (Å²) in [7, 11) is 0. The number of carbonyl (C=O) groups is 1. The summed E-state index contributed by atoms with van der Waals surface area (Å²) in [6.45, 7) is -3.15. The number of ether oxygens (including phenoxy) is 2. The van der Waals surface area contributed by atoms with E-state index in [-0.39, 0.29) is 29.4 Å². The highest BCUT2D eigenvalue weighted by molar-refractivity contribution is 6.06. The van der Waals surface area contributed by atoms with Gasteiger partial charge in [0.2, 0.25) is 0 Å². The van der Waals surface area contributed by atoms with Crippen molar-refractivity contribution in [1.29, 1.82) is 0 Å². The van der Waals surface area contributed by atoms with Crippen LogP contribution in [0.25, 0.3) is 6.08 Å². The Hall–Kier alpha value is -4.08. The third kappa shape index (κ3) is 5.95. The third-order valence-corrected chi connectivity index (χ3v) is 3.93. The van der Waals surface area contributed by atoms with E-state index in [1.165, 1.54) is 42.5 Å². The van der Waals surface area contributed by atoms with Crippen molar-refractivity contribution in [3.05, 3.63) is 93.7 Å². The number of nitro groups is 1. The molecule has 0 aliphatic heterocycles. The molecule has 3 rings (SSSR count). The highest BCUT2D eigenvalue weighted by Gasteiger charge is 2.16. The molecule has 0 saturated heterocycles. The Bertz CT molecular complexity index is 1110. The molecule has 2 aromatic carbocycles. The first kappa shape index (κ1) is 21.6. The lowest BCUT2D eigenvalue weighted by molar-refractivity contribution is -0.386. The Kier molecular flexibility index (Phi) is 6.71. The summed E-state index contributed by atoms with van der Waals surface area (Å²) in [6.07, 6.45) is 2.61. The standard InChI is InChI=1S/C21H14F3NO6/c22-14-3-9-18(25(27)28)20(11-14)29-12-17-7-6-15(30-17)8-10-19(26)13-1-4-16(5-2-13)31-21(23)24/h1-11,21H,12H2/b10-8+. The van der Waals surface area contributed by atoms with Gasteiger partial charge in [-0.05, 0) is 54.6 Å². The van der Waals surface area contributed by atoms with Crippen LogP contribution in [0, 0.1) is 15.9 Å². The molecule has 3 aromatic rings. The van der Waals surface area contributed by atoms with Crippen LogP contribution >= 0.6 is 0 Å². The molecule has 7 nitrogen and oxygen atoms in total. The number of hydrogen-bond acceptors (Lipinski definition) is 6. The predicted octanol–water partition coefficient (Wildman–Crippen LogP) is 5.40. The van der Waals surface area contributed by atoms with Gasteiger partial charge in [-0.1, -0.05) is 0 Å². The summed E-state index contributed by atoms with van der Waals surface area (Å²) in [6, 6.07) is 11.1. The molecule has 160 valence electrons. The van der Waals surface area contributed by atoms with E-state index in [4.69, 9.17) is 9.15 Å². The van der Waals surface area contributed by atoms with E-state index in [1.54, 1.807) is 6.07 Å². The topological polar surface area (TPSA) is 91.8 Å². The molecule has 31 heavy (non-hydrogen) atoms. The Labute approximate surface area is 173 Å². The van der Waals surface area contributed by atoms with Gasteiger partial charge in [0.25, 0.3) is 0 Å². The quantitative estimate of drug-likeness (QED) is 0.194. The number of rotatable bonds is 9. The van der Waals surface area contributed by atoms with Gasteiger partial charge in [0.1, 0.15) is 29.7 Å². The van der Waals surface area contributed by atoms with Crippen LogP contribution in [0.15, 0.2) is 65.1 Å². The Morgan fingerprint density at radius 2 is 1.87 bits per heavy atom. The van der Waals surface area contributed by atoms with Gasteiger partial charge in [-0.2, -0.15) is 8.78 Å². The van der Waals surface area contributed by atoms with Crippen LogP contribution in [-0.4, -0.2) is 17.3 Å². The van der Waals surface area contributed by atoms with Crippen LogP contribution in [0.4, 0.5) is 18.9 Å². The SMILES string of the molecule is O=C(/C=C/c1ccc(COc2cc(F)ccc2[N+](=O)[O-])o1)c1ccc(OC(F)F)cc1. The van der Waals surface area contributed by atoms with E-state index in [9.17, 15) is 28.1 Å². The molecule has 0 amide bonds. The number of nitro benzene ring substituents is 1. The first-order valence-corrected chi connectivity index (χ1v) is 8.74. The van der Waals surface area contributed by atoms with Crippen molar-refractivity contribution >= 4 is 17.5 Å². The summed E-state index contributed by atoms with van der Waals surface area (Å²) in [5.74, 6) is -0.792. The molecule has 0 N–H and O–H groups in total. The molecule has 10 heteroatoms. The van der Waals surface area contributed by atoms with Crippen molar-refractivity contribution in [2.45, 2.75) is 13.2 Å². The fraction of sp³-hybridized carbons (Fsp3) is 0.0952. The molecule has 1 heterocycles. The van der Waals surface area contributed by atoms with E-state index < -0.39 is 23.1 Å². The van der Waals surface area contributed by atoms with Gasteiger partial charge < -0.3 is 13.9 Å². The normalized spacial score (nSPS) is 11.1. The molecule has 0 atom stereocenters. The third-order valence-electron chi connectivity index (χ3n) is 3.93. The average molecular weight is 433 g/mol. The molecule has 0 bridgehead atoms. The van der Waals surface area contributed by atoms with E-state index >= 15 is 0 Å². The van der Waals surface area contributed by atoms with Crippen LogP contribution in [0.1, 0.15) is 21.9 Å². The highest BCUT2D eigenvalue weighted by Crippen LogP contribution is 2.28. The molecule has 0 unspecified atom stereocenters. The first-order valence-electron chi connectivity index (χ1n) is 8.74. The van der Waals surface area contributed by atoms with Gasteiger partial charge in [0, 0.05) is 17.7 Å². The Balaban J connectivity index is 1.61. The maximum atomic E-state index is 13.3. The minimum atomic E-state index is -2.95. The monoisotopic (exact) mass is 433 g/mol. The number of ketones is 1. The molecule has 0 saturated carbocycles. The zero-order valence-electron chi connectivity index (χ0n) is 15.7. The second-order valence-corrected chi connectivity index (χ2v) is 6.06. The van der Waals surface area contributed by atoms with Crippen LogP contribution in [0.5, 0.6) is 11.5 Å². The predicted molar refractivity (Wildman–Crippen MR) is 103 cm³/mol. The number of nitrogens with zero attached hydrogens (tertiary/aromatic N) is 1. The van der Waals surface area contributed by atoms with E-state index in [0.717, 1.165) is 18.2 Å². The van der Waals surface area contributed by atoms with Crippen LogP contribution in [0.2, 0.25) is 0 Å². The molecular weight excluding hydrogens is 419 g/mol. The van der Waals surface area contributed by atoms with Gasteiger partial charge in [-0.15, -0.1) is 0 Å². The van der Waals surface area contributed by atoms with E-state index in [2.05, 4.69) is 4.74 Å². The van der Waals surface area contributed by atoms with Gasteiger partial charge >= 0.3 is 12.3 Å². The van der Waals surface area contributed by atoms with Crippen LogP contribution in [-0.2, 0) is 6.61 Å². The Morgan fingerprint density at radius 1 is 1.13 bits per heavy atom. The number of carbonyl (C=O) groups excluding carboxylic acids is 1. The second kappa shape index (κ2) is 9.61. The van der Waals surface area contributed by atoms with Crippen LogP contribution in [0.3, 0.4) is 0 Å². The lowest BCUT2D eigenvalue weighted by Gasteiger charge is -2.05. The number of halogens is 3. The number of furan rings is 1. The summed E-state index contributed by atoms with van der Waals surface area (Å²) >= 11 is 0. The maximum Gasteiger partial charge on any atom is 0.387 e. The zero-order valence-corrected chi connectivity index (χ0v) is 15.7. The molecule has 0 aliphatic rings. The lowest BCUT2D eigenvalue weighted by atomic mass is 10.1. The molecule has 0 radical (unpaired) electrons. The summed E-state index contributed by atoms with van der Waals surface area (Å²) in [5.41, 5.74) is -0.130. The average Bonchev–Trinajstić information content (AvgIpc) is 3.18. The van der Waals surface area contributed by atoms with E-state index in [0.29, 0.717) is 11.5 Å². The van der Waals surface area contributed by atoms with E-state index in [1.807, 2.05) is 0 Å². The minimum Gasteiger partial charge on any atom is -0.479 e. The molecule has 1 aromatic heterocycles. The second-order valence-electron chi connectivity index (χ2n) is 6.06. The van der Waals surface area contributed by atoms with Crippen molar-refractivity contribution in [1.82, 2.24) is 0 Å². The maximum absolute atomic E-state index is 13.3. The van der Waals surface area contributed by atoms with Crippen molar-refractivity contribution in [2.75, 3.05) is 0 Å². The fourth-order valence-electron chi connectivity index (χ4n) is 2.52. The van der Waals surface area contributed by atoms with Crippen molar-refractivity contribution in [2.24, 2.45) is 0 Å². The number of hydrogen-bond donors (Lipinski definition) is 0. The fourth-order valence-corrected chi connectivity index (χ4v) is 2.52. The molecular formula is C21H14F3NO6.